The maximum absolute atomic E-state index is 11.1. The van der Waals surface area contributed by atoms with E-state index in [0.29, 0.717) is 13.0 Å². The maximum atomic E-state index is 11.1. The van der Waals surface area contributed by atoms with Crippen LogP contribution >= 0.6 is 15.9 Å². The number of alkyl halides is 1. The highest BCUT2D eigenvalue weighted by atomic mass is 79.9. The van der Waals surface area contributed by atoms with E-state index in [2.05, 4.69) is 21.1 Å². The summed E-state index contributed by atoms with van der Waals surface area (Å²) in [7, 11) is 0. The van der Waals surface area contributed by atoms with E-state index in [9.17, 15) is 4.79 Å². The summed E-state index contributed by atoms with van der Waals surface area (Å²) in [5.41, 5.74) is 0.112. The number of hydrogen-bond acceptors (Lipinski definition) is 4. The molecular weight excluding hydrogens is 250 g/mol. The third-order valence-electron chi connectivity index (χ3n) is 1.68. The van der Waals surface area contributed by atoms with Gasteiger partial charge in [0.1, 0.15) is 0 Å². The van der Waals surface area contributed by atoms with Crippen molar-refractivity contribution in [2.24, 2.45) is 5.16 Å². The fourth-order valence-corrected chi connectivity index (χ4v) is 1.37. The van der Waals surface area contributed by atoms with Gasteiger partial charge in [0, 0.05) is 11.8 Å². The second-order valence-electron chi connectivity index (χ2n) is 2.77. The van der Waals surface area contributed by atoms with Crippen LogP contribution in [0.4, 0.5) is 0 Å². The van der Waals surface area contributed by atoms with Gasteiger partial charge in [-0.3, -0.25) is 0 Å². The largest absolute Gasteiger partial charge is 0.461 e. The molecule has 0 unspecified atom stereocenters. The van der Waals surface area contributed by atoms with Crippen LogP contribution in [0.1, 0.15) is 32.6 Å². The van der Waals surface area contributed by atoms with E-state index in [-0.39, 0.29) is 5.71 Å². The Hall–Kier alpha value is -0.580. The number of halogens is 1. The molecule has 0 bridgehead atoms. The molecule has 0 saturated heterocycles. The SMILES string of the molecule is CCOC(=O)/C(CCCCCBr)=N/O. The first kappa shape index (κ1) is 13.4. The van der Waals surface area contributed by atoms with Gasteiger partial charge in [0.2, 0.25) is 0 Å². The normalized spacial score (nSPS) is 11.4. The van der Waals surface area contributed by atoms with Crippen molar-refractivity contribution >= 4 is 27.6 Å². The number of esters is 1. The number of unbranched alkanes of at least 4 members (excludes halogenated alkanes) is 2. The van der Waals surface area contributed by atoms with Gasteiger partial charge >= 0.3 is 5.97 Å². The summed E-state index contributed by atoms with van der Waals surface area (Å²) < 4.78 is 4.71. The lowest BCUT2D eigenvalue weighted by atomic mass is 10.1. The second kappa shape index (κ2) is 8.99. The number of oxime groups is 1. The van der Waals surface area contributed by atoms with E-state index in [4.69, 9.17) is 9.94 Å². The molecule has 0 amide bonds. The zero-order valence-electron chi connectivity index (χ0n) is 8.33. The van der Waals surface area contributed by atoms with Gasteiger partial charge in [0.15, 0.2) is 5.71 Å². The smallest absolute Gasteiger partial charge is 0.356 e. The Labute approximate surface area is 92.4 Å². The first-order valence-corrected chi connectivity index (χ1v) is 5.82. The molecule has 5 heteroatoms. The van der Waals surface area contributed by atoms with Gasteiger partial charge in [-0.1, -0.05) is 27.5 Å². The van der Waals surface area contributed by atoms with Crippen LogP contribution in [0.15, 0.2) is 5.16 Å². The summed E-state index contributed by atoms with van der Waals surface area (Å²) in [6, 6.07) is 0. The van der Waals surface area contributed by atoms with Crippen molar-refractivity contribution in [3.05, 3.63) is 0 Å². The summed E-state index contributed by atoms with van der Waals surface area (Å²) in [5.74, 6) is -0.520. The summed E-state index contributed by atoms with van der Waals surface area (Å²) in [5, 5.41) is 12.4. The number of nitrogens with zero attached hydrogens (tertiary/aromatic N) is 1. The van der Waals surface area contributed by atoms with Gasteiger partial charge in [-0.15, -0.1) is 0 Å². The van der Waals surface area contributed by atoms with E-state index in [1.54, 1.807) is 6.92 Å². The fraction of sp³-hybridized carbons (Fsp3) is 0.778. The van der Waals surface area contributed by atoms with Crippen molar-refractivity contribution in [1.82, 2.24) is 0 Å². The van der Waals surface area contributed by atoms with Crippen molar-refractivity contribution in [2.75, 3.05) is 11.9 Å². The molecule has 0 aliphatic carbocycles. The Bertz CT molecular complexity index is 194. The molecule has 0 atom stereocenters. The van der Waals surface area contributed by atoms with Crippen LogP contribution in [0.2, 0.25) is 0 Å². The Morgan fingerprint density at radius 3 is 2.64 bits per heavy atom. The summed E-state index contributed by atoms with van der Waals surface area (Å²) in [6.07, 6.45) is 3.37. The molecule has 0 aliphatic heterocycles. The summed E-state index contributed by atoms with van der Waals surface area (Å²) in [4.78, 5) is 11.1. The van der Waals surface area contributed by atoms with Gasteiger partial charge in [0.25, 0.3) is 0 Å². The van der Waals surface area contributed by atoms with Gasteiger partial charge in [-0.05, 0) is 19.8 Å². The van der Waals surface area contributed by atoms with Crippen molar-refractivity contribution in [2.45, 2.75) is 32.6 Å². The average Bonchev–Trinajstić information content (AvgIpc) is 2.18. The van der Waals surface area contributed by atoms with Crippen LogP contribution in [0.3, 0.4) is 0 Å². The molecule has 0 saturated carbocycles. The van der Waals surface area contributed by atoms with Gasteiger partial charge in [-0.2, -0.15) is 0 Å². The predicted molar refractivity (Wildman–Crippen MR) is 58.1 cm³/mol. The minimum atomic E-state index is -0.520. The number of carbonyl (C=O) groups excluding carboxylic acids is 1. The minimum Gasteiger partial charge on any atom is -0.461 e. The molecule has 1 N–H and O–H groups in total. The Kier molecular flexibility index (Phi) is 8.62. The molecule has 0 radical (unpaired) electrons. The zero-order chi connectivity index (χ0) is 10.8. The monoisotopic (exact) mass is 265 g/mol. The van der Waals surface area contributed by atoms with E-state index in [1.807, 2.05) is 0 Å². The molecule has 0 aliphatic rings. The van der Waals surface area contributed by atoms with E-state index < -0.39 is 5.97 Å². The first-order valence-electron chi connectivity index (χ1n) is 4.70. The van der Waals surface area contributed by atoms with Crippen LogP contribution in [0.25, 0.3) is 0 Å². The molecule has 82 valence electrons. The highest BCUT2D eigenvalue weighted by Gasteiger charge is 2.12. The van der Waals surface area contributed by atoms with Crippen molar-refractivity contribution < 1.29 is 14.7 Å². The maximum Gasteiger partial charge on any atom is 0.356 e. The molecule has 0 aromatic carbocycles. The molecule has 0 rings (SSSR count). The second-order valence-corrected chi connectivity index (χ2v) is 3.56. The van der Waals surface area contributed by atoms with Gasteiger partial charge < -0.3 is 9.94 Å². The highest BCUT2D eigenvalue weighted by Crippen LogP contribution is 2.04. The minimum absolute atomic E-state index is 0.112. The fourth-order valence-electron chi connectivity index (χ4n) is 0.971. The standard InChI is InChI=1S/C9H16BrNO3/c1-2-14-9(12)8(11-13)6-4-3-5-7-10/h13H,2-7H2,1H3/b11-8+. The van der Waals surface area contributed by atoms with Crippen LogP contribution in [-0.4, -0.2) is 28.8 Å². The highest BCUT2D eigenvalue weighted by molar-refractivity contribution is 9.09. The van der Waals surface area contributed by atoms with Crippen LogP contribution in [0.5, 0.6) is 0 Å². The van der Waals surface area contributed by atoms with Crippen molar-refractivity contribution in [1.29, 1.82) is 0 Å². The molecule has 0 aromatic heterocycles. The first-order chi connectivity index (χ1) is 6.76. The third kappa shape index (κ3) is 5.96. The Balaban J connectivity index is 3.75. The van der Waals surface area contributed by atoms with Crippen molar-refractivity contribution in [3.8, 4) is 0 Å². The number of hydrogen-bond donors (Lipinski definition) is 1. The van der Waals surface area contributed by atoms with E-state index in [1.165, 1.54) is 0 Å². The predicted octanol–water partition coefficient (Wildman–Crippen LogP) is 2.33. The third-order valence-corrected chi connectivity index (χ3v) is 2.24. The molecule has 14 heavy (non-hydrogen) atoms. The lowest BCUT2D eigenvalue weighted by Crippen LogP contribution is -2.17. The van der Waals surface area contributed by atoms with Crippen LogP contribution < -0.4 is 0 Å². The Morgan fingerprint density at radius 2 is 2.14 bits per heavy atom. The summed E-state index contributed by atoms with van der Waals surface area (Å²) in [6.45, 7) is 2.02. The van der Waals surface area contributed by atoms with Gasteiger partial charge in [-0.25, -0.2) is 4.79 Å². The number of carbonyl (C=O) groups is 1. The van der Waals surface area contributed by atoms with Crippen LogP contribution in [-0.2, 0) is 9.53 Å². The Morgan fingerprint density at radius 1 is 1.43 bits per heavy atom. The lowest BCUT2D eigenvalue weighted by Gasteiger charge is -2.03. The molecule has 0 spiro atoms. The zero-order valence-corrected chi connectivity index (χ0v) is 9.92. The topological polar surface area (TPSA) is 58.9 Å². The molecule has 4 nitrogen and oxygen atoms in total. The number of rotatable bonds is 7. The van der Waals surface area contributed by atoms with Crippen LogP contribution in [0, 0.1) is 0 Å². The molecule has 0 fully saturated rings. The van der Waals surface area contributed by atoms with Gasteiger partial charge in [0.05, 0.1) is 6.61 Å². The lowest BCUT2D eigenvalue weighted by molar-refractivity contribution is -0.135. The average molecular weight is 266 g/mol. The molecule has 0 heterocycles. The summed E-state index contributed by atoms with van der Waals surface area (Å²) >= 11 is 3.32. The quantitative estimate of drug-likeness (QED) is 0.192. The molecule has 0 aromatic rings. The number of ether oxygens (including phenoxy) is 1. The van der Waals surface area contributed by atoms with Crippen molar-refractivity contribution in [3.63, 3.8) is 0 Å². The molecular formula is C9H16BrNO3. The van der Waals surface area contributed by atoms with E-state index >= 15 is 0 Å². The van der Waals surface area contributed by atoms with E-state index in [0.717, 1.165) is 24.6 Å².